The van der Waals surface area contributed by atoms with Gasteiger partial charge in [-0.05, 0) is 6.42 Å². The van der Waals surface area contributed by atoms with Crippen LogP contribution in [0.2, 0.25) is 0 Å². The summed E-state index contributed by atoms with van der Waals surface area (Å²) in [6.45, 7) is 4.00. The molecule has 13 heavy (non-hydrogen) atoms. The number of nitrogens with zero attached hydrogens (tertiary/aromatic N) is 3. The molecule has 0 saturated heterocycles. The van der Waals surface area contributed by atoms with E-state index in [1.165, 1.54) is 5.56 Å². The van der Waals surface area contributed by atoms with Crippen LogP contribution in [0.3, 0.4) is 0 Å². The molecule has 1 N–H and O–H groups in total. The Morgan fingerprint density at radius 2 is 2.31 bits per heavy atom. The Bertz CT molecular complexity index is 242. The van der Waals surface area contributed by atoms with Crippen LogP contribution < -0.4 is 5.43 Å². The van der Waals surface area contributed by atoms with E-state index in [-0.39, 0.29) is 0 Å². The summed E-state index contributed by atoms with van der Waals surface area (Å²) in [6, 6.07) is 0. The van der Waals surface area contributed by atoms with E-state index in [4.69, 9.17) is 0 Å². The van der Waals surface area contributed by atoms with Gasteiger partial charge in [0.25, 0.3) is 0 Å². The zero-order valence-electron chi connectivity index (χ0n) is 8.62. The van der Waals surface area contributed by atoms with Crippen molar-refractivity contribution in [3.05, 3.63) is 18.0 Å². The molecular formula is C9H18N4. The molecule has 0 fully saturated rings. The molecule has 0 aromatic carbocycles. The molecule has 1 aromatic rings. The molecule has 0 saturated carbocycles. The lowest BCUT2D eigenvalue weighted by atomic mass is 10.4. The average molecular weight is 182 g/mol. The summed E-state index contributed by atoms with van der Waals surface area (Å²) < 4.78 is 1.98. The third kappa shape index (κ3) is 3.57. The summed E-state index contributed by atoms with van der Waals surface area (Å²) in [4.78, 5) is 0. The van der Waals surface area contributed by atoms with E-state index < -0.39 is 0 Å². The van der Waals surface area contributed by atoms with Gasteiger partial charge in [-0.1, -0.05) is 6.92 Å². The average Bonchev–Trinajstić information content (AvgIpc) is 2.50. The minimum absolute atomic E-state index is 0.844. The van der Waals surface area contributed by atoms with E-state index in [1.54, 1.807) is 0 Å². The first kappa shape index (κ1) is 10.2. The maximum atomic E-state index is 4.24. The normalized spacial score (nSPS) is 11.1. The molecule has 1 aromatic heterocycles. The molecule has 0 bridgehead atoms. The third-order valence-corrected chi connectivity index (χ3v) is 1.74. The Hall–Kier alpha value is -0.870. The lowest BCUT2D eigenvalue weighted by molar-refractivity contribution is 0.286. The molecule has 0 aliphatic carbocycles. The number of nitrogens with one attached hydrogen (secondary N) is 1. The summed E-state index contributed by atoms with van der Waals surface area (Å²) in [5.41, 5.74) is 4.42. The van der Waals surface area contributed by atoms with Crippen LogP contribution in [0.4, 0.5) is 0 Å². The quantitative estimate of drug-likeness (QED) is 0.686. The topological polar surface area (TPSA) is 33.1 Å². The van der Waals surface area contributed by atoms with Crippen LogP contribution in [-0.2, 0) is 13.1 Å². The maximum Gasteiger partial charge on any atom is 0.0535 e. The van der Waals surface area contributed by atoms with E-state index >= 15 is 0 Å². The second-order valence-electron chi connectivity index (χ2n) is 3.34. The van der Waals surface area contributed by atoms with E-state index in [0.717, 1.165) is 19.5 Å². The number of hydrogen-bond acceptors (Lipinski definition) is 3. The number of aryl methyl sites for hydroxylation is 1. The molecule has 4 heteroatoms. The first-order valence-corrected chi connectivity index (χ1v) is 4.64. The number of rotatable bonds is 5. The van der Waals surface area contributed by atoms with Crippen LogP contribution in [0.15, 0.2) is 12.4 Å². The van der Waals surface area contributed by atoms with Crippen molar-refractivity contribution in [2.45, 2.75) is 26.4 Å². The first-order valence-electron chi connectivity index (χ1n) is 4.64. The third-order valence-electron chi connectivity index (χ3n) is 1.74. The van der Waals surface area contributed by atoms with Crippen molar-refractivity contribution < 1.29 is 0 Å². The highest BCUT2D eigenvalue weighted by Gasteiger charge is 1.97. The monoisotopic (exact) mass is 182 g/mol. The number of hydrogen-bond donors (Lipinski definition) is 1. The molecule has 0 radical (unpaired) electrons. The predicted octanol–water partition coefficient (Wildman–Crippen LogP) is 0.859. The Morgan fingerprint density at radius 3 is 2.92 bits per heavy atom. The molecule has 0 amide bonds. The Morgan fingerprint density at radius 1 is 1.54 bits per heavy atom. The van der Waals surface area contributed by atoms with Gasteiger partial charge in [-0.15, -0.1) is 0 Å². The Kier molecular flexibility index (Phi) is 3.92. The van der Waals surface area contributed by atoms with Crippen molar-refractivity contribution in [2.75, 3.05) is 14.1 Å². The molecule has 0 aliphatic rings. The van der Waals surface area contributed by atoms with E-state index in [2.05, 4.69) is 23.6 Å². The highest BCUT2D eigenvalue weighted by Crippen LogP contribution is 1.97. The summed E-state index contributed by atoms with van der Waals surface area (Å²) >= 11 is 0. The zero-order chi connectivity index (χ0) is 9.68. The van der Waals surface area contributed by atoms with Crippen molar-refractivity contribution in [2.24, 2.45) is 0 Å². The molecule has 1 heterocycles. The molecule has 0 atom stereocenters. The van der Waals surface area contributed by atoms with Crippen molar-refractivity contribution in [1.82, 2.24) is 20.2 Å². The minimum atomic E-state index is 0.844. The standard InChI is InChI=1S/C9H18N4/c1-4-5-13-8-9(7-11-13)6-10-12(2)3/h7-8,10H,4-6H2,1-3H3. The van der Waals surface area contributed by atoms with Gasteiger partial charge in [-0.2, -0.15) is 5.10 Å². The first-order chi connectivity index (χ1) is 6.22. The van der Waals surface area contributed by atoms with Crippen LogP contribution in [0, 0.1) is 0 Å². The number of aromatic nitrogens is 2. The van der Waals surface area contributed by atoms with Crippen LogP contribution in [-0.4, -0.2) is 28.9 Å². The van der Waals surface area contributed by atoms with Crippen LogP contribution in [0.25, 0.3) is 0 Å². The van der Waals surface area contributed by atoms with Crippen LogP contribution >= 0.6 is 0 Å². The van der Waals surface area contributed by atoms with Gasteiger partial charge < -0.3 is 0 Å². The lowest BCUT2D eigenvalue weighted by Crippen LogP contribution is -2.29. The van der Waals surface area contributed by atoms with Gasteiger partial charge in [-0.25, -0.2) is 0 Å². The minimum Gasteiger partial charge on any atom is -0.272 e. The van der Waals surface area contributed by atoms with Gasteiger partial charge in [0.05, 0.1) is 6.20 Å². The lowest BCUT2D eigenvalue weighted by Gasteiger charge is -2.09. The molecule has 0 aliphatic heterocycles. The van der Waals surface area contributed by atoms with Gasteiger partial charge in [0.15, 0.2) is 0 Å². The second-order valence-corrected chi connectivity index (χ2v) is 3.34. The predicted molar refractivity (Wildman–Crippen MR) is 53.0 cm³/mol. The van der Waals surface area contributed by atoms with Crippen molar-refractivity contribution in [3.63, 3.8) is 0 Å². The van der Waals surface area contributed by atoms with Crippen LogP contribution in [0.5, 0.6) is 0 Å². The molecule has 0 unspecified atom stereocenters. The molecule has 1 rings (SSSR count). The summed E-state index contributed by atoms with van der Waals surface area (Å²) in [5.74, 6) is 0. The highest BCUT2D eigenvalue weighted by molar-refractivity contribution is 5.02. The van der Waals surface area contributed by atoms with Gasteiger partial charge in [0, 0.05) is 38.9 Å². The highest BCUT2D eigenvalue weighted by atomic mass is 15.5. The van der Waals surface area contributed by atoms with Crippen LogP contribution in [0.1, 0.15) is 18.9 Å². The largest absolute Gasteiger partial charge is 0.272 e. The molecule has 74 valence electrons. The number of hydrazine groups is 1. The summed E-state index contributed by atoms with van der Waals surface area (Å²) in [7, 11) is 3.97. The second kappa shape index (κ2) is 4.99. The fraction of sp³-hybridized carbons (Fsp3) is 0.667. The van der Waals surface area contributed by atoms with E-state index in [0.29, 0.717) is 0 Å². The van der Waals surface area contributed by atoms with Gasteiger partial charge in [0.1, 0.15) is 0 Å². The van der Waals surface area contributed by atoms with E-state index in [9.17, 15) is 0 Å². The van der Waals surface area contributed by atoms with Crippen molar-refractivity contribution in [1.29, 1.82) is 0 Å². The Balaban J connectivity index is 2.39. The Labute approximate surface area is 79.5 Å². The van der Waals surface area contributed by atoms with Gasteiger partial charge in [-0.3, -0.25) is 15.1 Å². The van der Waals surface area contributed by atoms with Gasteiger partial charge in [0.2, 0.25) is 0 Å². The molecular weight excluding hydrogens is 164 g/mol. The zero-order valence-corrected chi connectivity index (χ0v) is 8.62. The summed E-state index contributed by atoms with van der Waals surface area (Å²) in [6.07, 6.45) is 5.12. The van der Waals surface area contributed by atoms with E-state index in [1.807, 2.05) is 30.0 Å². The van der Waals surface area contributed by atoms with Crippen molar-refractivity contribution in [3.8, 4) is 0 Å². The summed E-state index contributed by atoms with van der Waals surface area (Å²) in [5, 5.41) is 6.18. The molecule has 4 nitrogen and oxygen atoms in total. The SMILES string of the molecule is CCCn1cc(CNN(C)C)cn1. The van der Waals surface area contributed by atoms with Gasteiger partial charge >= 0.3 is 0 Å². The fourth-order valence-electron chi connectivity index (χ4n) is 1.10. The fourth-order valence-corrected chi connectivity index (χ4v) is 1.10. The smallest absolute Gasteiger partial charge is 0.0535 e. The molecule has 0 spiro atoms. The maximum absolute atomic E-state index is 4.24. The van der Waals surface area contributed by atoms with Crippen molar-refractivity contribution >= 4 is 0 Å².